The van der Waals surface area contributed by atoms with Crippen molar-refractivity contribution in [3.05, 3.63) is 33.1 Å². The first-order chi connectivity index (χ1) is 6.15. The van der Waals surface area contributed by atoms with Crippen molar-refractivity contribution in [2.45, 2.75) is 13.3 Å². The Balaban J connectivity index is 2.88. The Hall–Kier alpha value is -0.450. The van der Waals surface area contributed by atoms with Gasteiger partial charge in [-0.2, -0.15) is 0 Å². The number of benzene rings is 1. The molecule has 0 N–H and O–H groups in total. The van der Waals surface area contributed by atoms with Crippen LogP contribution in [-0.2, 0) is 11.2 Å². The van der Waals surface area contributed by atoms with Crippen LogP contribution in [0.1, 0.15) is 12.5 Å². The minimum atomic E-state index is -0.197. The molecule has 0 spiro atoms. The van der Waals surface area contributed by atoms with Crippen molar-refractivity contribution in [2.75, 3.05) is 0 Å². The molecule has 1 nitrogen and oxygen atoms in total. The zero-order valence-electron chi connectivity index (χ0n) is 7.26. The van der Waals surface area contributed by atoms with Crippen molar-refractivity contribution in [1.29, 1.82) is 0 Å². The van der Waals surface area contributed by atoms with Gasteiger partial charge in [-0.15, -0.1) is 0 Å². The van der Waals surface area contributed by atoms with Gasteiger partial charge in [-0.05, 0) is 40.6 Å². The molecule has 0 aliphatic rings. The molecule has 1 atom stereocenters. The highest BCUT2D eigenvalue weighted by Gasteiger charge is 2.08. The summed E-state index contributed by atoms with van der Waals surface area (Å²) in [5, 5.41) is 0. The zero-order valence-corrected chi connectivity index (χ0v) is 9.42. The first-order valence-corrected chi connectivity index (χ1v) is 5.11. The summed E-state index contributed by atoms with van der Waals surface area (Å²) in [4.78, 5) is 10.4. The van der Waals surface area contributed by atoms with Gasteiger partial charge in [0.1, 0.15) is 12.1 Å². The lowest BCUT2D eigenvalue weighted by Gasteiger charge is -2.05. The molecule has 0 radical (unpaired) electrons. The SMILES string of the molecule is CC(C=O)Cc1cccc(I)c1F. The molecule has 13 heavy (non-hydrogen) atoms. The number of halogens is 2. The predicted octanol–water partition coefficient (Wildman–Crippen LogP) is 2.81. The van der Waals surface area contributed by atoms with Crippen LogP contribution in [0.3, 0.4) is 0 Å². The third-order valence-electron chi connectivity index (χ3n) is 1.81. The molecule has 1 aromatic carbocycles. The first kappa shape index (κ1) is 10.6. The maximum absolute atomic E-state index is 13.4. The Morgan fingerprint density at radius 1 is 1.62 bits per heavy atom. The maximum atomic E-state index is 13.4. The lowest BCUT2D eigenvalue weighted by Crippen LogP contribution is -2.03. The van der Waals surface area contributed by atoms with Crippen molar-refractivity contribution in [2.24, 2.45) is 5.92 Å². The summed E-state index contributed by atoms with van der Waals surface area (Å²) >= 11 is 1.95. The predicted molar refractivity (Wildman–Crippen MR) is 58.0 cm³/mol. The van der Waals surface area contributed by atoms with Gasteiger partial charge in [0.2, 0.25) is 0 Å². The van der Waals surface area contributed by atoms with Crippen LogP contribution in [0.15, 0.2) is 18.2 Å². The number of carbonyl (C=O) groups excluding carboxylic acids is 1. The molecule has 1 aromatic rings. The van der Waals surface area contributed by atoms with E-state index in [0.717, 1.165) is 6.29 Å². The van der Waals surface area contributed by atoms with Crippen LogP contribution in [-0.4, -0.2) is 6.29 Å². The highest BCUT2D eigenvalue weighted by atomic mass is 127. The molecular formula is C10H10FIO. The molecule has 1 rings (SSSR count). The molecular weight excluding hydrogens is 282 g/mol. The van der Waals surface area contributed by atoms with E-state index in [1.54, 1.807) is 25.1 Å². The third kappa shape index (κ3) is 2.76. The van der Waals surface area contributed by atoms with Crippen LogP contribution in [0.5, 0.6) is 0 Å². The zero-order chi connectivity index (χ0) is 9.84. The van der Waals surface area contributed by atoms with Gasteiger partial charge in [0.15, 0.2) is 0 Å². The Bertz CT molecular complexity index is 312. The standard InChI is InChI=1S/C10H10FIO/c1-7(6-13)5-8-3-2-4-9(12)10(8)11/h2-4,6-7H,5H2,1H3. The van der Waals surface area contributed by atoms with Gasteiger partial charge in [-0.25, -0.2) is 4.39 Å². The molecule has 0 heterocycles. The fourth-order valence-corrected chi connectivity index (χ4v) is 1.66. The van der Waals surface area contributed by atoms with Crippen molar-refractivity contribution >= 4 is 28.9 Å². The second-order valence-electron chi connectivity index (χ2n) is 3.03. The summed E-state index contributed by atoms with van der Waals surface area (Å²) in [5.41, 5.74) is 0.617. The smallest absolute Gasteiger partial charge is 0.139 e. The summed E-state index contributed by atoms with van der Waals surface area (Å²) in [6, 6.07) is 5.24. The topological polar surface area (TPSA) is 17.1 Å². The molecule has 0 amide bonds. The van der Waals surface area contributed by atoms with Crippen molar-refractivity contribution in [3.63, 3.8) is 0 Å². The van der Waals surface area contributed by atoms with Crippen LogP contribution >= 0.6 is 22.6 Å². The Labute approximate surface area is 90.5 Å². The molecule has 3 heteroatoms. The normalized spacial score (nSPS) is 12.5. The third-order valence-corrected chi connectivity index (χ3v) is 2.64. The number of aldehydes is 1. The lowest BCUT2D eigenvalue weighted by molar-refractivity contribution is -0.110. The average Bonchev–Trinajstić information content (AvgIpc) is 2.13. The van der Waals surface area contributed by atoms with E-state index in [4.69, 9.17) is 0 Å². The van der Waals surface area contributed by atoms with Gasteiger partial charge >= 0.3 is 0 Å². The summed E-state index contributed by atoms with van der Waals surface area (Å²) in [7, 11) is 0. The Morgan fingerprint density at radius 3 is 2.92 bits per heavy atom. The van der Waals surface area contributed by atoms with Crippen LogP contribution in [0.25, 0.3) is 0 Å². The molecule has 0 aliphatic carbocycles. The van der Waals surface area contributed by atoms with Gasteiger partial charge < -0.3 is 4.79 Å². The van der Waals surface area contributed by atoms with Gasteiger partial charge in [0.05, 0.1) is 0 Å². The molecule has 0 bridgehead atoms. The second kappa shape index (κ2) is 4.69. The lowest BCUT2D eigenvalue weighted by atomic mass is 10.0. The molecule has 0 aliphatic heterocycles. The first-order valence-electron chi connectivity index (χ1n) is 4.03. The van der Waals surface area contributed by atoms with E-state index in [9.17, 15) is 9.18 Å². The monoisotopic (exact) mass is 292 g/mol. The number of hydrogen-bond donors (Lipinski definition) is 0. The van der Waals surface area contributed by atoms with Gasteiger partial charge in [-0.3, -0.25) is 0 Å². The highest BCUT2D eigenvalue weighted by molar-refractivity contribution is 14.1. The van der Waals surface area contributed by atoms with Crippen LogP contribution in [0, 0.1) is 15.3 Å². The fraction of sp³-hybridized carbons (Fsp3) is 0.300. The van der Waals surface area contributed by atoms with E-state index in [2.05, 4.69) is 0 Å². The maximum Gasteiger partial charge on any atom is 0.139 e. The van der Waals surface area contributed by atoms with Gasteiger partial charge in [0.25, 0.3) is 0 Å². The molecule has 0 aromatic heterocycles. The quantitative estimate of drug-likeness (QED) is 0.618. The highest BCUT2D eigenvalue weighted by Crippen LogP contribution is 2.17. The minimum absolute atomic E-state index is 0.118. The van der Waals surface area contributed by atoms with Crippen LogP contribution in [0.2, 0.25) is 0 Å². The van der Waals surface area contributed by atoms with E-state index in [-0.39, 0.29) is 11.7 Å². The van der Waals surface area contributed by atoms with Crippen LogP contribution in [0.4, 0.5) is 4.39 Å². The van der Waals surface area contributed by atoms with E-state index in [1.165, 1.54) is 0 Å². The van der Waals surface area contributed by atoms with Gasteiger partial charge in [-0.1, -0.05) is 19.1 Å². The number of rotatable bonds is 3. The van der Waals surface area contributed by atoms with Crippen LogP contribution < -0.4 is 0 Å². The number of hydrogen-bond acceptors (Lipinski definition) is 1. The van der Waals surface area contributed by atoms with Gasteiger partial charge in [0, 0.05) is 9.49 Å². The second-order valence-corrected chi connectivity index (χ2v) is 4.19. The van der Waals surface area contributed by atoms with E-state index in [0.29, 0.717) is 15.6 Å². The summed E-state index contributed by atoms with van der Waals surface area (Å²) in [6.45, 7) is 1.78. The average molecular weight is 292 g/mol. The van der Waals surface area contributed by atoms with Crippen molar-refractivity contribution in [3.8, 4) is 0 Å². The van der Waals surface area contributed by atoms with E-state index < -0.39 is 0 Å². The Kier molecular flexibility index (Phi) is 3.84. The number of carbonyl (C=O) groups is 1. The molecule has 70 valence electrons. The molecule has 0 fully saturated rings. The Morgan fingerprint density at radius 2 is 2.31 bits per heavy atom. The minimum Gasteiger partial charge on any atom is -0.303 e. The van der Waals surface area contributed by atoms with E-state index >= 15 is 0 Å². The van der Waals surface area contributed by atoms with Crippen molar-refractivity contribution < 1.29 is 9.18 Å². The molecule has 0 saturated carbocycles. The summed E-state index contributed by atoms with van der Waals surface area (Å²) in [5.74, 6) is -0.315. The van der Waals surface area contributed by atoms with Crippen molar-refractivity contribution in [1.82, 2.24) is 0 Å². The largest absolute Gasteiger partial charge is 0.303 e. The summed E-state index contributed by atoms with van der Waals surface area (Å²) in [6.07, 6.45) is 1.32. The molecule has 1 unspecified atom stereocenters. The fourth-order valence-electron chi connectivity index (χ4n) is 1.10. The molecule has 0 saturated heterocycles. The van der Waals surface area contributed by atoms with E-state index in [1.807, 2.05) is 22.6 Å². The summed E-state index contributed by atoms with van der Waals surface area (Å²) < 4.78 is 14.0.